The van der Waals surface area contributed by atoms with Crippen LogP contribution in [0.2, 0.25) is 0 Å². The van der Waals surface area contributed by atoms with Crippen molar-refractivity contribution >= 4 is 11.4 Å². The van der Waals surface area contributed by atoms with Crippen molar-refractivity contribution in [2.24, 2.45) is 5.10 Å². The minimum atomic E-state index is -0.299. The van der Waals surface area contributed by atoms with Crippen LogP contribution in [0.4, 0.5) is 10.1 Å². The molecule has 0 atom stereocenters. The second-order valence-corrected chi connectivity index (χ2v) is 3.71. The Hall–Kier alpha value is -1.84. The van der Waals surface area contributed by atoms with Gasteiger partial charge in [-0.3, -0.25) is 5.43 Å². The van der Waals surface area contributed by atoms with Gasteiger partial charge in [0.2, 0.25) is 0 Å². The van der Waals surface area contributed by atoms with Crippen molar-refractivity contribution in [1.29, 1.82) is 0 Å². The van der Waals surface area contributed by atoms with Gasteiger partial charge in [-0.15, -0.1) is 0 Å². The molecule has 0 fully saturated rings. The number of hydrogen-bond donors (Lipinski definition) is 2. The maximum absolute atomic E-state index is 12.9. The number of hydrogen-bond acceptors (Lipinski definition) is 3. The largest absolute Gasteiger partial charge is 0.512 e. The molecule has 0 saturated carbocycles. The number of aliphatic hydroxyl groups excluding tert-OH is 1. The highest BCUT2D eigenvalue weighted by Crippen LogP contribution is 2.14. The van der Waals surface area contributed by atoms with E-state index in [2.05, 4.69) is 10.5 Å². The zero-order chi connectivity index (χ0) is 11.4. The predicted octanol–water partition coefficient (Wildman–Crippen LogP) is 3.22. The number of hydrazone groups is 1. The summed E-state index contributed by atoms with van der Waals surface area (Å²) in [5, 5.41) is 13.4. The van der Waals surface area contributed by atoms with E-state index in [-0.39, 0.29) is 5.82 Å². The van der Waals surface area contributed by atoms with Gasteiger partial charge in [-0.05, 0) is 37.1 Å². The van der Waals surface area contributed by atoms with Gasteiger partial charge in [-0.1, -0.05) is 6.07 Å². The molecule has 3 nitrogen and oxygen atoms in total. The second kappa shape index (κ2) is 4.79. The average Bonchev–Trinajstić information content (AvgIpc) is 2.27. The summed E-state index contributed by atoms with van der Waals surface area (Å²) in [5.41, 5.74) is 4.16. The van der Waals surface area contributed by atoms with Gasteiger partial charge >= 0.3 is 0 Å². The van der Waals surface area contributed by atoms with Crippen LogP contribution in [0.15, 0.2) is 41.2 Å². The molecule has 1 aromatic rings. The Bertz CT molecular complexity index is 440. The van der Waals surface area contributed by atoms with Gasteiger partial charge in [-0.2, -0.15) is 5.10 Å². The van der Waals surface area contributed by atoms with E-state index < -0.39 is 0 Å². The average molecular weight is 220 g/mol. The quantitative estimate of drug-likeness (QED) is 0.751. The number of benzene rings is 1. The van der Waals surface area contributed by atoms with E-state index >= 15 is 0 Å². The minimum Gasteiger partial charge on any atom is -0.512 e. The van der Waals surface area contributed by atoms with Crippen LogP contribution in [-0.2, 0) is 0 Å². The molecule has 0 heterocycles. The van der Waals surface area contributed by atoms with E-state index in [9.17, 15) is 9.50 Å². The van der Waals surface area contributed by atoms with Crippen molar-refractivity contribution in [1.82, 2.24) is 0 Å². The van der Waals surface area contributed by atoms with E-state index in [0.717, 1.165) is 18.6 Å². The van der Waals surface area contributed by atoms with Crippen molar-refractivity contribution in [3.63, 3.8) is 0 Å². The lowest BCUT2D eigenvalue weighted by atomic mass is 10.0. The van der Waals surface area contributed by atoms with E-state index in [1.165, 1.54) is 12.1 Å². The van der Waals surface area contributed by atoms with E-state index in [4.69, 9.17) is 0 Å². The summed E-state index contributed by atoms with van der Waals surface area (Å²) in [5.74, 6) is 0.0540. The third kappa shape index (κ3) is 2.82. The Morgan fingerprint density at radius 2 is 2.19 bits per heavy atom. The molecule has 0 spiro atoms. The van der Waals surface area contributed by atoms with Gasteiger partial charge < -0.3 is 5.11 Å². The summed E-state index contributed by atoms with van der Waals surface area (Å²) in [6, 6.07) is 6.10. The Morgan fingerprint density at radius 3 is 2.94 bits per heavy atom. The molecule has 1 aliphatic carbocycles. The van der Waals surface area contributed by atoms with Gasteiger partial charge in [0, 0.05) is 6.42 Å². The van der Waals surface area contributed by atoms with Crippen molar-refractivity contribution in [3.05, 3.63) is 41.9 Å². The van der Waals surface area contributed by atoms with Crippen LogP contribution in [0, 0.1) is 5.82 Å². The lowest BCUT2D eigenvalue weighted by Crippen LogP contribution is -2.05. The first-order valence-corrected chi connectivity index (χ1v) is 5.22. The third-order valence-electron chi connectivity index (χ3n) is 2.35. The zero-order valence-electron chi connectivity index (χ0n) is 8.78. The first-order valence-electron chi connectivity index (χ1n) is 5.22. The number of anilines is 1. The van der Waals surface area contributed by atoms with Crippen molar-refractivity contribution in [2.45, 2.75) is 19.3 Å². The zero-order valence-corrected chi connectivity index (χ0v) is 8.78. The van der Waals surface area contributed by atoms with Gasteiger partial charge in [-0.25, -0.2) is 4.39 Å². The van der Waals surface area contributed by atoms with Crippen molar-refractivity contribution in [3.8, 4) is 0 Å². The number of halogens is 1. The molecule has 0 amide bonds. The lowest BCUT2D eigenvalue weighted by molar-refractivity contribution is 0.382. The topological polar surface area (TPSA) is 44.6 Å². The van der Waals surface area contributed by atoms with E-state index in [0.29, 0.717) is 17.9 Å². The highest BCUT2D eigenvalue weighted by atomic mass is 19.1. The Kier molecular flexibility index (Phi) is 3.19. The molecule has 84 valence electrons. The maximum Gasteiger partial charge on any atom is 0.125 e. The van der Waals surface area contributed by atoms with Gasteiger partial charge in [0.25, 0.3) is 0 Å². The molecular weight excluding hydrogens is 207 g/mol. The van der Waals surface area contributed by atoms with Crippen LogP contribution in [-0.4, -0.2) is 10.8 Å². The van der Waals surface area contributed by atoms with E-state index in [1.54, 1.807) is 18.2 Å². The van der Waals surface area contributed by atoms with Crippen molar-refractivity contribution < 1.29 is 9.50 Å². The van der Waals surface area contributed by atoms with Gasteiger partial charge in [0.15, 0.2) is 0 Å². The lowest BCUT2D eigenvalue weighted by Gasteiger charge is -2.09. The number of aliphatic hydroxyl groups is 1. The first kappa shape index (κ1) is 10.7. The summed E-state index contributed by atoms with van der Waals surface area (Å²) < 4.78 is 12.9. The molecule has 1 aromatic carbocycles. The molecule has 0 aromatic heterocycles. The van der Waals surface area contributed by atoms with Crippen LogP contribution >= 0.6 is 0 Å². The molecule has 0 bridgehead atoms. The highest BCUT2D eigenvalue weighted by molar-refractivity contribution is 5.96. The number of nitrogens with one attached hydrogen (secondary N) is 1. The molecule has 2 N–H and O–H groups in total. The summed E-state index contributed by atoms with van der Waals surface area (Å²) in [6.45, 7) is 0. The fraction of sp³-hybridized carbons (Fsp3) is 0.250. The number of nitrogens with zero attached hydrogens (tertiary/aromatic N) is 1. The molecule has 1 aliphatic rings. The standard InChI is InChI=1S/C12H13FN2O/c13-9-3-1-4-10(7-9)14-15-11-5-2-6-12(16)8-11/h1,3-4,7-8,14,16H,2,5-6H2/b15-11-. The Balaban J connectivity index is 2.06. The van der Waals surface area contributed by atoms with Crippen LogP contribution < -0.4 is 5.43 Å². The van der Waals surface area contributed by atoms with Crippen LogP contribution in [0.5, 0.6) is 0 Å². The third-order valence-corrected chi connectivity index (χ3v) is 2.35. The molecule has 0 radical (unpaired) electrons. The molecule has 0 unspecified atom stereocenters. The van der Waals surface area contributed by atoms with Crippen molar-refractivity contribution in [2.75, 3.05) is 5.43 Å². The molecule has 0 aliphatic heterocycles. The fourth-order valence-corrected chi connectivity index (χ4v) is 1.57. The monoisotopic (exact) mass is 220 g/mol. The van der Waals surface area contributed by atoms with Gasteiger partial charge in [0.05, 0.1) is 17.2 Å². The summed E-state index contributed by atoms with van der Waals surface area (Å²) in [6.07, 6.45) is 4.08. The molecular formula is C12H13FN2O. The summed E-state index contributed by atoms with van der Waals surface area (Å²) in [4.78, 5) is 0. The number of allylic oxidation sites excluding steroid dienone is 2. The van der Waals surface area contributed by atoms with Crippen LogP contribution in [0.1, 0.15) is 19.3 Å². The fourth-order valence-electron chi connectivity index (χ4n) is 1.57. The second-order valence-electron chi connectivity index (χ2n) is 3.71. The normalized spacial score (nSPS) is 18.3. The van der Waals surface area contributed by atoms with E-state index in [1.807, 2.05) is 0 Å². The predicted molar refractivity (Wildman–Crippen MR) is 62.0 cm³/mol. The van der Waals surface area contributed by atoms with Gasteiger partial charge in [0.1, 0.15) is 5.82 Å². The molecule has 0 saturated heterocycles. The smallest absolute Gasteiger partial charge is 0.125 e. The molecule has 4 heteroatoms. The summed E-state index contributed by atoms with van der Waals surface area (Å²) in [7, 11) is 0. The summed E-state index contributed by atoms with van der Waals surface area (Å²) >= 11 is 0. The molecule has 2 rings (SSSR count). The molecule has 16 heavy (non-hydrogen) atoms. The van der Waals surface area contributed by atoms with Crippen LogP contribution in [0.3, 0.4) is 0 Å². The Morgan fingerprint density at radius 1 is 1.31 bits per heavy atom. The SMILES string of the molecule is OC1=C/C(=N\Nc2cccc(F)c2)CCC1. The first-order chi connectivity index (χ1) is 7.74. The maximum atomic E-state index is 12.9. The highest BCUT2D eigenvalue weighted by Gasteiger charge is 2.06. The minimum absolute atomic E-state index is 0.299. The van der Waals surface area contributed by atoms with Crippen LogP contribution in [0.25, 0.3) is 0 Å². The Labute approximate surface area is 93.3 Å². The number of rotatable bonds is 2.